The van der Waals surface area contributed by atoms with E-state index in [9.17, 15) is 14.4 Å². The van der Waals surface area contributed by atoms with Gasteiger partial charge >= 0.3 is 0 Å². The first-order valence-electron chi connectivity index (χ1n) is 9.45. The van der Waals surface area contributed by atoms with Gasteiger partial charge in [-0.15, -0.1) is 0 Å². The van der Waals surface area contributed by atoms with Gasteiger partial charge in [0.25, 0.3) is 0 Å². The third-order valence-electron chi connectivity index (χ3n) is 5.87. The number of para-hydroxylation sites is 1. The molecule has 0 spiro atoms. The molecule has 3 aliphatic rings. The van der Waals surface area contributed by atoms with Crippen molar-refractivity contribution < 1.29 is 23.9 Å². The van der Waals surface area contributed by atoms with E-state index < -0.39 is 17.3 Å². The van der Waals surface area contributed by atoms with Crippen molar-refractivity contribution in [3.8, 4) is 0 Å². The van der Waals surface area contributed by atoms with Crippen molar-refractivity contribution >= 4 is 23.3 Å². The highest BCUT2D eigenvalue weighted by Crippen LogP contribution is 2.62. The van der Waals surface area contributed by atoms with Gasteiger partial charge in [-0.25, -0.2) is 0 Å². The van der Waals surface area contributed by atoms with E-state index in [2.05, 4.69) is 10.6 Å². The van der Waals surface area contributed by atoms with E-state index in [1.165, 1.54) is 0 Å². The summed E-state index contributed by atoms with van der Waals surface area (Å²) in [6, 6.07) is 6.93. The number of rotatable bonds is 6. The van der Waals surface area contributed by atoms with Crippen molar-refractivity contribution in [2.75, 3.05) is 31.7 Å². The Bertz CT molecular complexity index is 773. The van der Waals surface area contributed by atoms with E-state index in [1.807, 2.05) is 0 Å². The summed E-state index contributed by atoms with van der Waals surface area (Å²) >= 11 is 0. The molecule has 0 radical (unpaired) electrons. The standard InChI is InChI=1S/C20H24N2O5/c1-20-15(18(24)21-8-10-26-11-12-5-4-9-27-12)16(20)19(25)22-14-7-3-2-6-13(14)17(20)23/h2-3,6-7,12,15-16H,4-5,8-11H2,1H3,(H,21,24)(H,22,25)/t12-,15-,16+,20+/m0/s1. The van der Waals surface area contributed by atoms with Crippen molar-refractivity contribution in [1.29, 1.82) is 0 Å². The van der Waals surface area contributed by atoms with Crippen molar-refractivity contribution in [1.82, 2.24) is 5.32 Å². The Balaban J connectivity index is 1.34. The average Bonchev–Trinajstić information content (AvgIpc) is 3.02. The number of hydrogen-bond donors (Lipinski definition) is 2. The van der Waals surface area contributed by atoms with Crippen LogP contribution in [0.2, 0.25) is 0 Å². The molecular weight excluding hydrogens is 348 g/mol. The predicted octanol–water partition coefficient (Wildman–Crippen LogP) is 1.39. The number of ketones is 1. The van der Waals surface area contributed by atoms with Gasteiger partial charge in [0, 0.05) is 18.7 Å². The number of carbonyl (C=O) groups excluding carboxylic acids is 3. The van der Waals surface area contributed by atoms with Crippen molar-refractivity contribution in [3.63, 3.8) is 0 Å². The molecule has 2 aliphatic heterocycles. The summed E-state index contributed by atoms with van der Waals surface area (Å²) < 4.78 is 11.0. The minimum Gasteiger partial charge on any atom is -0.377 e. The highest BCUT2D eigenvalue weighted by molar-refractivity contribution is 6.19. The van der Waals surface area contributed by atoms with Gasteiger partial charge in [0.05, 0.1) is 42.3 Å². The number of benzene rings is 1. The van der Waals surface area contributed by atoms with Crippen LogP contribution in [0.15, 0.2) is 24.3 Å². The third-order valence-corrected chi connectivity index (χ3v) is 5.87. The fourth-order valence-electron chi connectivity index (χ4n) is 4.28. The van der Waals surface area contributed by atoms with Gasteiger partial charge in [0.15, 0.2) is 5.78 Å². The predicted molar refractivity (Wildman–Crippen MR) is 97.3 cm³/mol. The highest BCUT2D eigenvalue weighted by atomic mass is 16.5. The third kappa shape index (κ3) is 3.15. The van der Waals surface area contributed by atoms with Gasteiger partial charge in [-0.1, -0.05) is 19.1 Å². The fraction of sp³-hybridized carbons (Fsp3) is 0.550. The number of amides is 2. The first-order valence-corrected chi connectivity index (χ1v) is 9.45. The Labute approximate surface area is 157 Å². The second kappa shape index (κ2) is 7.05. The topological polar surface area (TPSA) is 93.7 Å². The van der Waals surface area contributed by atoms with Crippen LogP contribution in [0.25, 0.3) is 0 Å². The lowest BCUT2D eigenvalue weighted by atomic mass is 9.92. The number of carbonyl (C=O) groups is 3. The largest absolute Gasteiger partial charge is 0.377 e. The number of Topliss-reactive ketones (excluding diaryl/α,β-unsaturated/α-hetero) is 1. The summed E-state index contributed by atoms with van der Waals surface area (Å²) in [6.07, 6.45) is 2.22. The molecule has 7 nitrogen and oxygen atoms in total. The Morgan fingerprint density at radius 3 is 2.96 bits per heavy atom. The quantitative estimate of drug-likeness (QED) is 0.736. The summed E-state index contributed by atoms with van der Waals surface area (Å²) in [5.74, 6) is -1.98. The number of anilines is 1. The van der Waals surface area contributed by atoms with Gasteiger partial charge in [0.1, 0.15) is 0 Å². The minimum absolute atomic E-state index is 0.149. The molecule has 1 aromatic carbocycles. The van der Waals surface area contributed by atoms with Crippen molar-refractivity contribution in [2.24, 2.45) is 17.3 Å². The Kier molecular flexibility index (Phi) is 4.74. The summed E-state index contributed by atoms with van der Waals surface area (Å²) in [5, 5.41) is 5.58. The molecule has 1 saturated heterocycles. The summed E-state index contributed by atoms with van der Waals surface area (Å²) in [4.78, 5) is 38.1. The lowest BCUT2D eigenvalue weighted by Crippen LogP contribution is -2.32. The van der Waals surface area contributed by atoms with Gasteiger partial charge < -0.3 is 20.1 Å². The molecule has 7 heteroatoms. The van der Waals surface area contributed by atoms with Crippen LogP contribution in [0, 0.1) is 17.3 Å². The lowest BCUT2D eigenvalue weighted by molar-refractivity contribution is -0.125. The molecule has 2 heterocycles. The number of ether oxygens (including phenoxy) is 2. The van der Waals surface area contributed by atoms with Crippen LogP contribution in [-0.2, 0) is 19.1 Å². The van der Waals surface area contributed by atoms with Gasteiger partial charge in [-0.3, -0.25) is 14.4 Å². The van der Waals surface area contributed by atoms with Crippen LogP contribution in [-0.4, -0.2) is 50.1 Å². The number of hydrogen-bond acceptors (Lipinski definition) is 5. The van der Waals surface area contributed by atoms with E-state index in [0.717, 1.165) is 19.4 Å². The maximum absolute atomic E-state index is 13.0. The first-order chi connectivity index (χ1) is 13.0. The van der Waals surface area contributed by atoms with E-state index in [4.69, 9.17) is 9.47 Å². The van der Waals surface area contributed by atoms with Crippen LogP contribution < -0.4 is 10.6 Å². The Morgan fingerprint density at radius 2 is 2.19 bits per heavy atom. The van der Waals surface area contributed by atoms with E-state index in [0.29, 0.717) is 31.0 Å². The number of nitrogens with one attached hydrogen (secondary N) is 2. The maximum Gasteiger partial charge on any atom is 0.229 e. The molecule has 1 aliphatic carbocycles. The molecule has 1 aromatic rings. The van der Waals surface area contributed by atoms with Crippen LogP contribution >= 0.6 is 0 Å². The normalized spacial score (nSPS) is 31.5. The van der Waals surface area contributed by atoms with E-state index in [1.54, 1.807) is 31.2 Å². The van der Waals surface area contributed by atoms with Gasteiger partial charge in [-0.05, 0) is 25.0 Å². The number of fused-ring (bicyclic) bond motifs is 2. The first kappa shape index (κ1) is 18.1. The second-order valence-corrected chi connectivity index (χ2v) is 7.60. The van der Waals surface area contributed by atoms with E-state index >= 15 is 0 Å². The zero-order valence-electron chi connectivity index (χ0n) is 15.3. The van der Waals surface area contributed by atoms with Crippen molar-refractivity contribution in [3.05, 3.63) is 29.8 Å². The molecular formula is C20H24N2O5. The second-order valence-electron chi connectivity index (χ2n) is 7.60. The van der Waals surface area contributed by atoms with Crippen LogP contribution in [0.3, 0.4) is 0 Å². The molecule has 1 saturated carbocycles. The molecule has 2 N–H and O–H groups in total. The van der Waals surface area contributed by atoms with Gasteiger partial charge in [0.2, 0.25) is 11.8 Å². The molecule has 4 atom stereocenters. The SMILES string of the molecule is C[C@]12C(=O)c3ccccc3NC(=O)[C@H]1[C@H]2C(=O)NCCOC[C@@H]1CCCO1. The fourth-order valence-corrected chi connectivity index (χ4v) is 4.28. The van der Waals surface area contributed by atoms with Crippen LogP contribution in [0.4, 0.5) is 5.69 Å². The van der Waals surface area contributed by atoms with E-state index in [-0.39, 0.29) is 23.7 Å². The molecule has 2 fully saturated rings. The zero-order valence-corrected chi connectivity index (χ0v) is 15.3. The molecule has 0 bridgehead atoms. The summed E-state index contributed by atoms with van der Waals surface area (Å²) in [5.41, 5.74) is -0.00655. The van der Waals surface area contributed by atoms with Gasteiger partial charge in [-0.2, -0.15) is 0 Å². The molecule has 0 aromatic heterocycles. The Morgan fingerprint density at radius 1 is 1.37 bits per heavy atom. The molecule has 27 heavy (non-hydrogen) atoms. The molecule has 0 unspecified atom stereocenters. The maximum atomic E-state index is 13.0. The Hall–Kier alpha value is -2.25. The zero-order chi connectivity index (χ0) is 19.0. The molecule has 4 rings (SSSR count). The van der Waals surface area contributed by atoms with Crippen molar-refractivity contribution in [2.45, 2.75) is 25.9 Å². The average molecular weight is 372 g/mol. The molecule has 144 valence electrons. The summed E-state index contributed by atoms with van der Waals surface area (Å²) in [6.45, 7) is 3.74. The summed E-state index contributed by atoms with van der Waals surface area (Å²) in [7, 11) is 0. The highest BCUT2D eigenvalue weighted by Gasteiger charge is 2.73. The monoisotopic (exact) mass is 372 g/mol. The smallest absolute Gasteiger partial charge is 0.229 e. The van der Waals surface area contributed by atoms with Crippen LogP contribution in [0.5, 0.6) is 0 Å². The lowest BCUT2D eigenvalue weighted by Gasteiger charge is -2.13. The minimum atomic E-state index is -0.987. The molecule has 2 amide bonds. The van der Waals surface area contributed by atoms with Crippen LogP contribution in [0.1, 0.15) is 30.1 Å².